The molecule has 1 fully saturated rings. The lowest BCUT2D eigenvalue weighted by atomic mass is 10.0. The number of pyridine rings is 1. The molecular formula is C27H28ClFN4O4. The fourth-order valence-corrected chi connectivity index (χ4v) is 4.56. The number of aromatic nitrogens is 1. The van der Waals surface area contributed by atoms with Gasteiger partial charge in [0.05, 0.1) is 29.5 Å². The minimum atomic E-state index is -0.539. The molecule has 4 rings (SSSR count). The van der Waals surface area contributed by atoms with Gasteiger partial charge in [-0.1, -0.05) is 29.8 Å². The Labute approximate surface area is 219 Å². The summed E-state index contributed by atoms with van der Waals surface area (Å²) in [6.07, 6.45) is -0.324. The second kappa shape index (κ2) is 11.6. The molecule has 8 nitrogen and oxygen atoms in total. The Bertz CT molecular complexity index is 1320. The van der Waals surface area contributed by atoms with E-state index in [1.807, 2.05) is 6.92 Å². The molecule has 0 unspecified atom stereocenters. The van der Waals surface area contributed by atoms with E-state index in [1.54, 1.807) is 65.4 Å². The molecule has 1 aliphatic rings. The molecule has 37 heavy (non-hydrogen) atoms. The summed E-state index contributed by atoms with van der Waals surface area (Å²) in [7, 11) is 1.57. The molecule has 3 amide bonds. The lowest BCUT2D eigenvalue weighted by Gasteiger charge is -2.39. The van der Waals surface area contributed by atoms with Gasteiger partial charge in [0, 0.05) is 61.2 Å². The van der Waals surface area contributed by atoms with Gasteiger partial charge in [-0.25, -0.2) is 9.78 Å². The van der Waals surface area contributed by atoms with Crippen LogP contribution in [0.2, 0.25) is 5.02 Å². The van der Waals surface area contributed by atoms with Crippen LogP contribution in [0.25, 0.3) is 22.2 Å². The number of carbonyl (C=O) groups is 3. The Morgan fingerprint density at radius 1 is 1.11 bits per heavy atom. The molecular weight excluding hydrogens is 499 g/mol. The first-order valence-corrected chi connectivity index (χ1v) is 12.4. The van der Waals surface area contributed by atoms with E-state index in [4.69, 9.17) is 21.3 Å². The Morgan fingerprint density at radius 3 is 2.51 bits per heavy atom. The summed E-state index contributed by atoms with van der Waals surface area (Å²) in [4.78, 5) is 45.4. The molecule has 1 aliphatic heterocycles. The first-order chi connectivity index (χ1) is 17.8. The van der Waals surface area contributed by atoms with Crippen LogP contribution in [0.15, 0.2) is 48.5 Å². The normalized spacial score (nSPS) is 15.5. The summed E-state index contributed by atoms with van der Waals surface area (Å²) in [5, 5.41) is 3.81. The van der Waals surface area contributed by atoms with Gasteiger partial charge in [0.15, 0.2) is 0 Å². The van der Waals surface area contributed by atoms with E-state index in [1.165, 1.54) is 0 Å². The van der Waals surface area contributed by atoms with E-state index >= 15 is 0 Å². The number of nitrogens with one attached hydrogen (secondary N) is 1. The minimum Gasteiger partial charge on any atom is -0.449 e. The van der Waals surface area contributed by atoms with E-state index in [2.05, 4.69) is 5.32 Å². The van der Waals surface area contributed by atoms with Crippen molar-refractivity contribution >= 4 is 40.4 Å². The Kier molecular flexibility index (Phi) is 8.23. The second-order valence-corrected chi connectivity index (χ2v) is 9.24. The average molecular weight is 527 g/mol. The first kappa shape index (κ1) is 26.3. The van der Waals surface area contributed by atoms with E-state index in [0.29, 0.717) is 47.0 Å². The predicted octanol–water partition coefficient (Wildman–Crippen LogP) is 4.56. The molecule has 3 aromatic rings. The SMILES string of the molecule is CNC(=O)c1ccc(-c2cc(Cl)c3ccc(C(=O)N4CCN(C(=O)OCCCF)[C@H](C)C4)cc3n2)cc1. The number of fused-ring (bicyclic) bond motifs is 1. The number of alkyl halides is 1. The lowest BCUT2D eigenvalue weighted by Crippen LogP contribution is -2.55. The van der Waals surface area contributed by atoms with Gasteiger partial charge >= 0.3 is 6.09 Å². The number of ether oxygens (including phenoxy) is 1. The number of nitrogens with zero attached hydrogens (tertiary/aromatic N) is 3. The van der Waals surface area contributed by atoms with Crippen molar-refractivity contribution in [3.8, 4) is 11.3 Å². The summed E-state index contributed by atoms with van der Waals surface area (Å²) in [6, 6.07) is 13.8. The zero-order valence-electron chi connectivity index (χ0n) is 20.7. The monoisotopic (exact) mass is 526 g/mol. The number of halogens is 2. The number of rotatable bonds is 6. The molecule has 0 saturated carbocycles. The van der Waals surface area contributed by atoms with Crippen LogP contribution in [0.5, 0.6) is 0 Å². The molecule has 194 valence electrons. The maximum absolute atomic E-state index is 13.3. The van der Waals surface area contributed by atoms with Crippen molar-refractivity contribution in [1.82, 2.24) is 20.1 Å². The molecule has 0 bridgehead atoms. The van der Waals surface area contributed by atoms with Crippen LogP contribution in [0.3, 0.4) is 0 Å². The van der Waals surface area contributed by atoms with E-state index in [-0.39, 0.29) is 30.9 Å². The van der Waals surface area contributed by atoms with Gasteiger partial charge in [0.1, 0.15) is 0 Å². The van der Waals surface area contributed by atoms with Crippen LogP contribution in [-0.4, -0.2) is 78.7 Å². The first-order valence-electron chi connectivity index (χ1n) is 12.0. The highest BCUT2D eigenvalue weighted by Crippen LogP contribution is 2.29. The number of amides is 3. The predicted molar refractivity (Wildman–Crippen MR) is 140 cm³/mol. The van der Waals surface area contributed by atoms with Crippen molar-refractivity contribution in [3.63, 3.8) is 0 Å². The van der Waals surface area contributed by atoms with Crippen LogP contribution in [-0.2, 0) is 4.74 Å². The van der Waals surface area contributed by atoms with Crippen LogP contribution >= 0.6 is 11.6 Å². The fraction of sp³-hybridized carbons (Fsp3) is 0.333. The number of piperazine rings is 1. The van der Waals surface area contributed by atoms with E-state index in [9.17, 15) is 18.8 Å². The quantitative estimate of drug-likeness (QED) is 0.475. The van der Waals surface area contributed by atoms with Gasteiger partial charge in [-0.2, -0.15) is 0 Å². The molecule has 0 spiro atoms. The molecule has 1 saturated heterocycles. The molecule has 1 atom stereocenters. The fourth-order valence-electron chi connectivity index (χ4n) is 4.30. The van der Waals surface area contributed by atoms with Crippen LogP contribution in [0.4, 0.5) is 9.18 Å². The Balaban J connectivity index is 1.52. The zero-order valence-corrected chi connectivity index (χ0v) is 21.4. The van der Waals surface area contributed by atoms with Crippen molar-refractivity contribution in [1.29, 1.82) is 0 Å². The van der Waals surface area contributed by atoms with Crippen LogP contribution < -0.4 is 5.32 Å². The average Bonchev–Trinajstić information content (AvgIpc) is 2.91. The summed E-state index contributed by atoms with van der Waals surface area (Å²) in [5.74, 6) is -0.347. The lowest BCUT2D eigenvalue weighted by molar-refractivity contribution is 0.0405. The van der Waals surface area contributed by atoms with E-state index in [0.717, 1.165) is 10.9 Å². The second-order valence-electron chi connectivity index (χ2n) is 8.83. The van der Waals surface area contributed by atoms with Gasteiger partial charge in [-0.3, -0.25) is 14.0 Å². The zero-order chi connectivity index (χ0) is 26.5. The van der Waals surface area contributed by atoms with Crippen LogP contribution in [0, 0.1) is 0 Å². The van der Waals surface area contributed by atoms with Gasteiger partial charge in [-0.15, -0.1) is 0 Å². The van der Waals surface area contributed by atoms with Crippen LogP contribution in [0.1, 0.15) is 34.1 Å². The van der Waals surface area contributed by atoms with E-state index < -0.39 is 12.8 Å². The standard InChI is InChI=1S/C27H28ClFN4O4/c1-17-16-32(11-12-33(17)27(36)37-13-3-10-29)26(35)20-8-9-21-22(28)15-23(31-24(21)14-20)18-4-6-19(7-5-18)25(34)30-2/h4-9,14-15,17H,3,10-13,16H2,1-2H3,(H,30,34)/t17-/m1/s1. The number of hydrogen-bond donors (Lipinski definition) is 1. The van der Waals surface area contributed by atoms with Gasteiger partial charge in [-0.05, 0) is 37.3 Å². The van der Waals surface area contributed by atoms with Gasteiger partial charge < -0.3 is 19.9 Å². The van der Waals surface area contributed by atoms with Crippen molar-refractivity contribution in [3.05, 3.63) is 64.7 Å². The van der Waals surface area contributed by atoms with Gasteiger partial charge in [0.2, 0.25) is 0 Å². The minimum absolute atomic E-state index is 0.0358. The highest BCUT2D eigenvalue weighted by molar-refractivity contribution is 6.35. The number of carbonyl (C=O) groups excluding carboxylic acids is 3. The maximum atomic E-state index is 13.3. The van der Waals surface area contributed by atoms with Crippen molar-refractivity contribution in [2.45, 2.75) is 19.4 Å². The third-order valence-corrected chi connectivity index (χ3v) is 6.64. The number of hydrogen-bond acceptors (Lipinski definition) is 5. The van der Waals surface area contributed by atoms with Crippen molar-refractivity contribution in [2.24, 2.45) is 0 Å². The maximum Gasteiger partial charge on any atom is 0.410 e. The molecule has 2 aromatic carbocycles. The molecule has 0 aliphatic carbocycles. The largest absolute Gasteiger partial charge is 0.449 e. The highest BCUT2D eigenvalue weighted by Gasteiger charge is 2.31. The smallest absolute Gasteiger partial charge is 0.410 e. The topological polar surface area (TPSA) is 91.8 Å². The molecule has 0 radical (unpaired) electrons. The summed E-state index contributed by atoms with van der Waals surface area (Å²) in [5.41, 5.74) is 2.99. The third-order valence-electron chi connectivity index (χ3n) is 6.33. The van der Waals surface area contributed by atoms with Crippen molar-refractivity contribution in [2.75, 3.05) is 40.0 Å². The third kappa shape index (κ3) is 5.83. The Morgan fingerprint density at radius 2 is 1.84 bits per heavy atom. The van der Waals surface area contributed by atoms with Crippen molar-refractivity contribution < 1.29 is 23.5 Å². The Hall–Kier alpha value is -3.72. The summed E-state index contributed by atoms with van der Waals surface area (Å²) < 4.78 is 17.4. The summed E-state index contributed by atoms with van der Waals surface area (Å²) in [6.45, 7) is 2.37. The molecule has 1 aromatic heterocycles. The molecule has 1 N–H and O–H groups in total. The highest BCUT2D eigenvalue weighted by atomic mass is 35.5. The summed E-state index contributed by atoms with van der Waals surface area (Å²) >= 11 is 6.54. The molecule has 2 heterocycles. The number of benzene rings is 2. The molecule has 10 heteroatoms. The van der Waals surface area contributed by atoms with Gasteiger partial charge in [0.25, 0.3) is 11.8 Å².